The van der Waals surface area contributed by atoms with Gasteiger partial charge >= 0.3 is 0 Å². The highest BCUT2D eigenvalue weighted by Gasteiger charge is 2.68. The molecule has 0 saturated heterocycles. The lowest BCUT2D eigenvalue weighted by Gasteiger charge is -2.41. The van der Waals surface area contributed by atoms with Crippen LogP contribution in [0.1, 0.15) is 53.4 Å². The summed E-state index contributed by atoms with van der Waals surface area (Å²) in [6.07, 6.45) is 4.59. The number of hydrogen-bond acceptors (Lipinski definition) is 1. The van der Waals surface area contributed by atoms with E-state index in [1.54, 1.807) is 0 Å². The summed E-state index contributed by atoms with van der Waals surface area (Å²) >= 11 is 0. The zero-order valence-electron chi connectivity index (χ0n) is 10.9. The Bertz CT molecular complexity index is 402. The van der Waals surface area contributed by atoms with Crippen LogP contribution in [0, 0.1) is 22.7 Å². The van der Waals surface area contributed by atoms with Crippen molar-refractivity contribution in [2.24, 2.45) is 22.7 Å². The second-order valence-corrected chi connectivity index (χ2v) is 7.10. The van der Waals surface area contributed by atoms with E-state index in [-0.39, 0.29) is 0 Å². The average Bonchev–Trinajstić information content (AvgIpc) is 2.69. The Labute approximate surface area is 98.3 Å². The first-order chi connectivity index (χ1) is 7.37. The monoisotopic (exact) mass is 218 g/mol. The van der Waals surface area contributed by atoms with Gasteiger partial charge in [0.05, 0.1) is 0 Å². The fourth-order valence-electron chi connectivity index (χ4n) is 4.65. The fraction of sp³-hybridized carbons (Fsp3) is 0.800. The lowest BCUT2D eigenvalue weighted by Crippen LogP contribution is -2.37. The molecule has 0 amide bonds. The van der Waals surface area contributed by atoms with Gasteiger partial charge in [-0.25, -0.2) is 0 Å². The second-order valence-electron chi connectivity index (χ2n) is 7.10. The predicted molar refractivity (Wildman–Crippen MR) is 65.0 cm³/mol. The van der Waals surface area contributed by atoms with Gasteiger partial charge in [0.25, 0.3) is 0 Å². The van der Waals surface area contributed by atoms with Gasteiger partial charge in [0.15, 0.2) is 5.78 Å². The zero-order valence-corrected chi connectivity index (χ0v) is 10.9. The van der Waals surface area contributed by atoms with Crippen molar-refractivity contribution in [3.8, 4) is 0 Å². The third-order valence-corrected chi connectivity index (χ3v) is 5.72. The standard InChI is InChI=1S/C15H22O/c1-9(2)11-5-13-14(3,8-12(11)16)6-10-7-15(10,13)4/h10,13H,5-8H2,1-4H3/t10?,13-,14-,15-/m1/s1. The largest absolute Gasteiger partial charge is 0.295 e. The summed E-state index contributed by atoms with van der Waals surface area (Å²) in [5, 5.41) is 0. The Kier molecular flexibility index (Phi) is 1.85. The molecule has 0 aromatic carbocycles. The first kappa shape index (κ1) is 10.6. The van der Waals surface area contributed by atoms with Crippen molar-refractivity contribution in [1.82, 2.24) is 0 Å². The lowest BCUT2D eigenvalue weighted by molar-refractivity contribution is -0.121. The number of rotatable bonds is 0. The first-order valence-electron chi connectivity index (χ1n) is 6.56. The van der Waals surface area contributed by atoms with Gasteiger partial charge in [-0.1, -0.05) is 19.4 Å². The number of hydrogen-bond donors (Lipinski definition) is 0. The van der Waals surface area contributed by atoms with Crippen LogP contribution in [0.4, 0.5) is 0 Å². The molecule has 1 unspecified atom stereocenters. The zero-order chi connectivity index (χ0) is 11.7. The molecule has 3 rings (SSSR count). The van der Waals surface area contributed by atoms with Crippen molar-refractivity contribution < 1.29 is 4.79 Å². The molecule has 3 saturated carbocycles. The Morgan fingerprint density at radius 1 is 1.25 bits per heavy atom. The summed E-state index contributed by atoms with van der Waals surface area (Å²) in [7, 11) is 0. The van der Waals surface area contributed by atoms with Crippen molar-refractivity contribution in [2.75, 3.05) is 0 Å². The molecule has 1 heteroatoms. The SMILES string of the molecule is CC(C)=C1C[C@@H]2[C@@](C)(CC1=O)CC1C[C@]12C. The Morgan fingerprint density at radius 2 is 1.94 bits per heavy atom. The van der Waals surface area contributed by atoms with E-state index in [1.807, 2.05) is 0 Å². The molecule has 0 aromatic heterocycles. The third kappa shape index (κ3) is 1.15. The molecule has 0 bridgehead atoms. The quantitative estimate of drug-likeness (QED) is 0.566. The van der Waals surface area contributed by atoms with E-state index in [1.165, 1.54) is 18.4 Å². The van der Waals surface area contributed by atoms with Crippen LogP contribution in [0.15, 0.2) is 11.1 Å². The molecule has 0 N–H and O–H groups in total. The van der Waals surface area contributed by atoms with E-state index in [9.17, 15) is 4.79 Å². The van der Waals surface area contributed by atoms with E-state index >= 15 is 0 Å². The maximum Gasteiger partial charge on any atom is 0.159 e. The maximum atomic E-state index is 12.2. The second kappa shape index (κ2) is 2.80. The highest BCUT2D eigenvalue weighted by atomic mass is 16.1. The number of allylic oxidation sites excluding steroid dienone is 2. The van der Waals surface area contributed by atoms with E-state index < -0.39 is 0 Å². The summed E-state index contributed by atoms with van der Waals surface area (Å²) in [5.41, 5.74) is 3.31. The molecule has 0 heterocycles. The van der Waals surface area contributed by atoms with E-state index in [2.05, 4.69) is 27.7 Å². The average molecular weight is 218 g/mol. The highest BCUT2D eigenvalue weighted by Crippen LogP contribution is 2.75. The minimum Gasteiger partial charge on any atom is -0.295 e. The number of carbonyl (C=O) groups is 1. The van der Waals surface area contributed by atoms with Gasteiger partial charge in [-0.3, -0.25) is 4.79 Å². The van der Waals surface area contributed by atoms with Gasteiger partial charge in [-0.2, -0.15) is 0 Å². The first-order valence-corrected chi connectivity index (χ1v) is 6.56. The van der Waals surface area contributed by atoms with Gasteiger partial charge in [-0.15, -0.1) is 0 Å². The maximum absolute atomic E-state index is 12.2. The van der Waals surface area contributed by atoms with Crippen LogP contribution in [-0.2, 0) is 4.79 Å². The minimum absolute atomic E-state index is 0.327. The van der Waals surface area contributed by atoms with E-state index in [4.69, 9.17) is 0 Å². The molecule has 4 atom stereocenters. The molecule has 0 spiro atoms. The van der Waals surface area contributed by atoms with Gasteiger partial charge in [0.2, 0.25) is 0 Å². The number of Topliss-reactive ketones (excluding diaryl/α,β-unsaturated/α-hetero) is 1. The van der Waals surface area contributed by atoms with Gasteiger partial charge < -0.3 is 0 Å². The molecule has 0 radical (unpaired) electrons. The molecule has 0 aliphatic heterocycles. The van der Waals surface area contributed by atoms with Gasteiger partial charge in [0.1, 0.15) is 0 Å². The van der Waals surface area contributed by atoms with Crippen molar-refractivity contribution in [3.05, 3.63) is 11.1 Å². The van der Waals surface area contributed by atoms with Gasteiger partial charge in [0, 0.05) is 6.42 Å². The smallest absolute Gasteiger partial charge is 0.159 e. The molecule has 3 aliphatic carbocycles. The molecular weight excluding hydrogens is 196 g/mol. The topological polar surface area (TPSA) is 17.1 Å². The van der Waals surface area contributed by atoms with Gasteiger partial charge in [-0.05, 0) is 61.3 Å². The van der Waals surface area contributed by atoms with Crippen LogP contribution in [-0.4, -0.2) is 5.78 Å². The minimum atomic E-state index is 0.327. The van der Waals surface area contributed by atoms with Crippen molar-refractivity contribution in [1.29, 1.82) is 0 Å². The van der Waals surface area contributed by atoms with Crippen LogP contribution in [0.5, 0.6) is 0 Å². The molecule has 3 fully saturated rings. The molecule has 88 valence electrons. The van der Waals surface area contributed by atoms with E-state index in [0.29, 0.717) is 16.6 Å². The molecule has 3 aliphatic rings. The van der Waals surface area contributed by atoms with Crippen molar-refractivity contribution >= 4 is 5.78 Å². The number of ketones is 1. The van der Waals surface area contributed by atoms with Crippen LogP contribution in [0.3, 0.4) is 0 Å². The Morgan fingerprint density at radius 3 is 2.56 bits per heavy atom. The Hall–Kier alpha value is -0.590. The van der Waals surface area contributed by atoms with E-state index in [0.717, 1.165) is 30.3 Å². The molecule has 1 nitrogen and oxygen atoms in total. The summed E-state index contributed by atoms with van der Waals surface area (Å²) in [6, 6.07) is 0. The molecule has 0 aromatic rings. The Balaban J connectivity index is 1.98. The normalized spacial score (nSPS) is 50.0. The van der Waals surface area contributed by atoms with Crippen molar-refractivity contribution in [2.45, 2.75) is 53.4 Å². The lowest BCUT2D eigenvalue weighted by atomic mass is 9.62. The fourth-order valence-corrected chi connectivity index (χ4v) is 4.65. The van der Waals surface area contributed by atoms with Crippen LogP contribution < -0.4 is 0 Å². The highest BCUT2D eigenvalue weighted by molar-refractivity contribution is 5.97. The van der Waals surface area contributed by atoms with Crippen molar-refractivity contribution in [3.63, 3.8) is 0 Å². The predicted octanol–water partition coefficient (Wildman–Crippen LogP) is 3.74. The summed E-state index contributed by atoms with van der Waals surface area (Å²) in [6.45, 7) is 9.00. The molecular formula is C15H22O. The summed E-state index contributed by atoms with van der Waals surface area (Å²) < 4.78 is 0. The number of carbonyl (C=O) groups excluding carboxylic acids is 1. The molecule has 16 heavy (non-hydrogen) atoms. The van der Waals surface area contributed by atoms with Crippen LogP contribution >= 0.6 is 0 Å². The number of fused-ring (bicyclic) bond motifs is 3. The summed E-state index contributed by atoms with van der Waals surface area (Å²) in [5.74, 6) is 2.13. The van der Waals surface area contributed by atoms with Crippen LogP contribution in [0.25, 0.3) is 0 Å². The third-order valence-electron chi connectivity index (χ3n) is 5.72. The van der Waals surface area contributed by atoms with Crippen LogP contribution in [0.2, 0.25) is 0 Å². The summed E-state index contributed by atoms with van der Waals surface area (Å²) in [4.78, 5) is 12.2.